The molecule has 4 rings (SSSR count). The quantitative estimate of drug-likeness (QED) is 0.522. The largest absolute Gasteiger partial charge is 0.497 e. The average Bonchev–Trinajstić information content (AvgIpc) is 2.80. The molecule has 1 heterocycles. The van der Waals surface area contributed by atoms with E-state index in [1.807, 2.05) is 54.6 Å². The minimum absolute atomic E-state index is 0.130. The van der Waals surface area contributed by atoms with Crippen molar-refractivity contribution in [2.75, 3.05) is 7.11 Å². The molecule has 4 aromatic rings. The molecule has 3 aromatic carbocycles. The second kappa shape index (κ2) is 8.79. The van der Waals surface area contributed by atoms with E-state index in [0.717, 1.165) is 17.2 Å². The van der Waals surface area contributed by atoms with E-state index in [9.17, 15) is 14.0 Å². The number of halogens is 1. The number of carbonyl (C=O) groups is 1. The van der Waals surface area contributed by atoms with Gasteiger partial charge in [0.2, 0.25) is 5.91 Å². The molecule has 1 amide bonds. The van der Waals surface area contributed by atoms with E-state index in [1.54, 1.807) is 7.11 Å². The fraction of sp³-hybridized carbons (Fsp3) is 0.125. The number of nitrogens with one attached hydrogen (secondary N) is 1. The van der Waals surface area contributed by atoms with Gasteiger partial charge in [0.05, 0.1) is 30.4 Å². The Hall–Kier alpha value is -4.00. The molecule has 0 spiro atoms. The molecule has 0 aliphatic carbocycles. The molecule has 31 heavy (non-hydrogen) atoms. The molecule has 0 aliphatic heterocycles. The smallest absolute Gasteiger partial charge is 0.261 e. The van der Waals surface area contributed by atoms with Crippen LogP contribution in [0.15, 0.2) is 83.9 Å². The van der Waals surface area contributed by atoms with E-state index in [2.05, 4.69) is 10.3 Å². The average molecular weight is 417 g/mol. The van der Waals surface area contributed by atoms with Gasteiger partial charge in [-0.05, 0) is 41.5 Å². The Morgan fingerprint density at radius 3 is 2.48 bits per heavy atom. The SMILES string of the molecule is COc1ccc(C(NC(=O)Cn2cnc3ccc(F)cc3c2=O)c2ccccc2)cc1. The van der Waals surface area contributed by atoms with Crippen LogP contribution in [-0.2, 0) is 11.3 Å². The summed E-state index contributed by atoms with van der Waals surface area (Å²) >= 11 is 0. The molecule has 1 N–H and O–H groups in total. The second-order valence-electron chi connectivity index (χ2n) is 7.02. The van der Waals surface area contributed by atoms with Crippen LogP contribution in [0.2, 0.25) is 0 Å². The summed E-state index contributed by atoms with van der Waals surface area (Å²) in [5.41, 5.74) is 1.67. The molecule has 0 aliphatic rings. The molecule has 6 nitrogen and oxygen atoms in total. The highest BCUT2D eigenvalue weighted by molar-refractivity contribution is 5.79. The maximum atomic E-state index is 13.5. The summed E-state index contributed by atoms with van der Waals surface area (Å²) in [7, 11) is 1.59. The standard InChI is InChI=1S/C24H20FN3O3/c1-31-19-10-7-17(8-11-19)23(16-5-3-2-4-6-16)27-22(29)14-28-15-26-21-12-9-18(25)13-20(21)24(28)30/h2-13,15,23H,14H2,1H3,(H,27,29). The van der Waals surface area contributed by atoms with Gasteiger partial charge in [0, 0.05) is 0 Å². The number of nitrogens with zero attached hydrogens (tertiary/aromatic N) is 2. The molecular formula is C24H20FN3O3. The van der Waals surface area contributed by atoms with Crippen LogP contribution in [0.1, 0.15) is 17.2 Å². The van der Waals surface area contributed by atoms with Gasteiger partial charge in [-0.1, -0.05) is 42.5 Å². The van der Waals surface area contributed by atoms with Gasteiger partial charge in [-0.2, -0.15) is 0 Å². The van der Waals surface area contributed by atoms with Gasteiger partial charge in [0.15, 0.2) is 0 Å². The number of ether oxygens (including phenoxy) is 1. The van der Waals surface area contributed by atoms with Gasteiger partial charge in [0.1, 0.15) is 18.1 Å². The minimum atomic E-state index is -0.530. The third-order valence-corrected chi connectivity index (χ3v) is 4.99. The van der Waals surface area contributed by atoms with Crippen LogP contribution in [0.5, 0.6) is 5.75 Å². The van der Waals surface area contributed by atoms with Crippen LogP contribution in [0.3, 0.4) is 0 Å². The van der Waals surface area contributed by atoms with Crippen molar-refractivity contribution in [3.8, 4) is 5.75 Å². The first kappa shape index (κ1) is 20.3. The number of rotatable bonds is 6. The Kier molecular flexibility index (Phi) is 5.75. The van der Waals surface area contributed by atoms with E-state index in [0.29, 0.717) is 11.3 Å². The molecule has 1 atom stereocenters. The lowest BCUT2D eigenvalue weighted by Crippen LogP contribution is -2.35. The first-order valence-corrected chi connectivity index (χ1v) is 9.68. The summed E-state index contributed by atoms with van der Waals surface area (Å²) in [6, 6.07) is 20.3. The normalized spacial score (nSPS) is 11.8. The summed E-state index contributed by atoms with van der Waals surface area (Å²) in [6.45, 7) is -0.238. The summed E-state index contributed by atoms with van der Waals surface area (Å²) in [6.07, 6.45) is 1.30. The fourth-order valence-corrected chi connectivity index (χ4v) is 3.41. The third-order valence-electron chi connectivity index (χ3n) is 4.99. The van der Waals surface area contributed by atoms with Crippen LogP contribution in [-0.4, -0.2) is 22.6 Å². The number of methoxy groups -OCH3 is 1. The highest BCUT2D eigenvalue weighted by Gasteiger charge is 2.18. The van der Waals surface area contributed by atoms with Crippen molar-refractivity contribution in [1.29, 1.82) is 0 Å². The summed E-state index contributed by atoms with van der Waals surface area (Å²) in [5.74, 6) is -0.190. The molecule has 1 aromatic heterocycles. The monoisotopic (exact) mass is 417 g/mol. The molecule has 1 unspecified atom stereocenters. The summed E-state index contributed by atoms with van der Waals surface area (Å²) < 4.78 is 19.9. The molecule has 0 saturated heterocycles. The Morgan fingerprint density at radius 2 is 1.77 bits per heavy atom. The van der Waals surface area contributed by atoms with Gasteiger partial charge in [-0.15, -0.1) is 0 Å². The van der Waals surface area contributed by atoms with E-state index in [-0.39, 0.29) is 17.8 Å². The van der Waals surface area contributed by atoms with Crippen molar-refractivity contribution >= 4 is 16.8 Å². The maximum Gasteiger partial charge on any atom is 0.261 e. The number of carbonyl (C=O) groups excluding carboxylic acids is 1. The van der Waals surface area contributed by atoms with Gasteiger partial charge < -0.3 is 10.1 Å². The van der Waals surface area contributed by atoms with Gasteiger partial charge in [0.25, 0.3) is 5.56 Å². The van der Waals surface area contributed by atoms with Crippen LogP contribution in [0, 0.1) is 5.82 Å². The topological polar surface area (TPSA) is 73.2 Å². The second-order valence-corrected chi connectivity index (χ2v) is 7.02. The van der Waals surface area contributed by atoms with Crippen molar-refractivity contribution in [2.24, 2.45) is 0 Å². The highest BCUT2D eigenvalue weighted by Crippen LogP contribution is 2.24. The van der Waals surface area contributed by atoms with Gasteiger partial charge in [-0.25, -0.2) is 9.37 Å². The number of hydrogen-bond acceptors (Lipinski definition) is 4. The molecule has 156 valence electrons. The Morgan fingerprint density at radius 1 is 1.06 bits per heavy atom. The van der Waals surface area contributed by atoms with Gasteiger partial charge in [-0.3, -0.25) is 14.2 Å². The van der Waals surface area contributed by atoms with Crippen molar-refractivity contribution in [1.82, 2.24) is 14.9 Å². The predicted octanol–water partition coefficient (Wildman–Crippen LogP) is 3.45. The number of fused-ring (bicyclic) bond motifs is 1. The third kappa shape index (κ3) is 4.45. The van der Waals surface area contributed by atoms with E-state index in [1.165, 1.54) is 23.0 Å². The number of aromatic nitrogens is 2. The lowest BCUT2D eigenvalue weighted by atomic mass is 9.98. The van der Waals surface area contributed by atoms with Crippen molar-refractivity contribution in [2.45, 2.75) is 12.6 Å². The van der Waals surface area contributed by atoms with Crippen LogP contribution < -0.4 is 15.6 Å². The zero-order chi connectivity index (χ0) is 21.8. The van der Waals surface area contributed by atoms with Crippen LogP contribution >= 0.6 is 0 Å². The molecular weight excluding hydrogens is 397 g/mol. The summed E-state index contributed by atoms with van der Waals surface area (Å²) in [5, 5.41) is 3.11. The van der Waals surface area contributed by atoms with Gasteiger partial charge >= 0.3 is 0 Å². The van der Waals surface area contributed by atoms with Crippen LogP contribution in [0.4, 0.5) is 4.39 Å². The first-order chi connectivity index (χ1) is 15.0. The van der Waals surface area contributed by atoms with Crippen molar-refractivity contribution in [3.05, 3.63) is 106 Å². The van der Waals surface area contributed by atoms with E-state index in [4.69, 9.17) is 4.74 Å². The molecule has 0 saturated carbocycles. The zero-order valence-electron chi connectivity index (χ0n) is 16.8. The first-order valence-electron chi connectivity index (χ1n) is 9.68. The van der Waals surface area contributed by atoms with Crippen molar-refractivity contribution in [3.63, 3.8) is 0 Å². The minimum Gasteiger partial charge on any atom is -0.497 e. The van der Waals surface area contributed by atoms with E-state index < -0.39 is 17.4 Å². The molecule has 7 heteroatoms. The lowest BCUT2D eigenvalue weighted by molar-refractivity contribution is -0.122. The van der Waals surface area contributed by atoms with Crippen molar-refractivity contribution < 1.29 is 13.9 Å². The zero-order valence-corrected chi connectivity index (χ0v) is 16.8. The Bertz CT molecular complexity index is 1270. The predicted molar refractivity (Wildman–Crippen MR) is 115 cm³/mol. The maximum absolute atomic E-state index is 13.5. The lowest BCUT2D eigenvalue weighted by Gasteiger charge is -2.20. The number of hydrogen-bond donors (Lipinski definition) is 1. The summed E-state index contributed by atoms with van der Waals surface area (Å²) in [4.78, 5) is 29.7. The van der Waals surface area contributed by atoms with E-state index >= 15 is 0 Å². The number of benzene rings is 3. The highest BCUT2D eigenvalue weighted by atomic mass is 19.1. The molecule has 0 fully saturated rings. The fourth-order valence-electron chi connectivity index (χ4n) is 3.41. The van der Waals surface area contributed by atoms with Crippen LogP contribution in [0.25, 0.3) is 10.9 Å². The molecule has 0 bridgehead atoms. The Balaban J connectivity index is 1.61. The number of amides is 1. The molecule has 0 radical (unpaired) electrons. The Labute approximate surface area is 177 Å².